The lowest BCUT2D eigenvalue weighted by Gasteiger charge is -2.17. The molecule has 0 aliphatic heterocycles. The van der Waals surface area contributed by atoms with Gasteiger partial charge < -0.3 is 19.5 Å². The average molecular weight is 542 g/mol. The number of aryl methyl sites for hydroxylation is 1. The van der Waals surface area contributed by atoms with Crippen LogP contribution in [0.1, 0.15) is 60.3 Å². The van der Waals surface area contributed by atoms with Crippen LogP contribution >= 0.6 is 0 Å². The van der Waals surface area contributed by atoms with Crippen LogP contribution in [0.5, 0.6) is 5.75 Å². The lowest BCUT2D eigenvalue weighted by atomic mass is 10.0. The fraction of sp³-hybridized carbons (Fsp3) is 0.310. The van der Waals surface area contributed by atoms with E-state index in [-0.39, 0.29) is 30.2 Å². The third-order valence-electron chi connectivity index (χ3n) is 6.63. The number of benzene rings is 1. The summed E-state index contributed by atoms with van der Waals surface area (Å²) in [4.78, 5) is 41.6. The SMILES string of the molecule is COc1cc2nc(C)ccc2cc1-c1cnc(C(CCCCCC(=O)c2ncco2)NC(=O)Cn2cccn2)[nH]1. The van der Waals surface area contributed by atoms with Gasteiger partial charge in [0.1, 0.15) is 24.4 Å². The molecule has 4 heterocycles. The first-order valence-electron chi connectivity index (χ1n) is 13.2. The van der Waals surface area contributed by atoms with E-state index in [1.54, 1.807) is 36.4 Å². The van der Waals surface area contributed by atoms with Gasteiger partial charge in [0.15, 0.2) is 0 Å². The van der Waals surface area contributed by atoms with Crippen LogP contribution in [0.25, 0.3) is 22.2 Å². The van der Waals surface area contributed by atoms with Crippen molar-refractivity contribution in [3.05, 3.63) is 78.8 Å². The number of unbranched alkanes of at least 4 members (excludes halogenated alkanes) is 2. The first-order chi connectivity index (χ1) is 19.5. The van der Waals surface area contributed by atoms with Crippen molar-refractivity contribution in [1.29, 1.82) is 0 Å². The third kappa shape index (κ3) is 6.42. The zero-order valence-electron chi connectivity index (χ0n) is 22.5. The Morgan fingerprint density at radius 3 is 2.83 bits per heavy atom. The first-order valence-corrected chi connectivity index (χ1v) is 13.2. The van der Waals surface area contributed by atoms with Crippen LogP contribution in [-0.4, -0.2) is 48.5 Å². The van der Waals surface area contributed by atoms with E-state index < -0.39 is 0 Å². The number of Topliss-reactive ketones (excluding diaryl/α,β-unsaturated/α-hetero) is 1. The van der Waals surface area contributed by atoms with Gasteiger partial charge in [0, 0.05) is 41.5 Å². The topological polar surface area (TPSA) is 141 Å². The molecule has 1 atom stereocenters. The van der Waals surface area contributed by atoms with Crippen molar-refractivity contribution in [3.63, 3.8) is 0 Å². The standard InChI is InChI=1S/C29H31N7O4/c1-19-9-10-20-15-21(26(39-2)16-23(20)33-19)24-17-31-28(35-24)22(34-27(38)18-36-13-6-11-32-36)7-4-3-5-8-25(37)29-30-12-14-40-29/h6,9-17,22H,3-5,7-8,18H2,1-2H3,(H,31,35)(H,34,38). The molecular weight excluding hydrogens is 510 g/mol. The molecule has 0 aliphatic rings. The summed E-state index contributed by atoms with van der Waals surface area (Å²) in [5.41, 5.74) is 3.41. The van der Waals surface area contributed by atoms with Crippen LogP contribution in [0.3, 0.4) is 0 Å². The maximum atomic E-state index is 12.9. The largest absolute Gasteiger partial charge is 0.496 e. The second-order valence-corrected chi connectivity index (χ2v) is 9.56. The van der Waals surface area contributed by atoms with E-state index >= 15 is 0 Å². The van der Waals surface area contributed by atoms with Crippen molar-refractivity contribution < 1.29 is 18.7 Å². The number of oxazole rings is 1. The maximum absolute atomic E-state index is 12.9. The van der Waals surface area contributed by atoms with Crippen molar-refractivity contribution in [1.82, 2.24) is 35.0 Å². The summed E-state index contributed by atoms with van der Waals surface area (Å²) in [6.07, 6.45) is 11.3. The highest BCUT2D eigenvalue weighted by Gasteiger charge is 2.20. The predicted molar refractivity (Wildman–Crippen MR) is 148 cm³/mol. The van der Waals surface area contributed by atoms with Crippen molar-refractivity contribution in [2.24, 2.45) is 0 Å². The molecule has 206 valence electrons. The van der Waals surface area contributed by atoms with Crippen LogP contribution in [0, 0.1) is 6.92 Å². The Bertz CT molecular complexity index is 1580. The minimum atomic E-state index is -0.352. The van der Waals surface area contributed by atoms with E-state index in [9.17, 15) is 9.59 Å². The molecule has 1 unspecified atom stereocenters. The Kier molecular flexibility index (Phi) is 8.29. The molecule has 1 aromatic carbocycles. The number of imidazole rings is 1. The van der Waals surface area contributed by atoms with Gasteiger partial charge in [-0.15, -0.1) is 0 Å². The van der Waals surface area contributed by atoms with E-state index in [2.05, 4.69) is 30.4 Å². The summed E-state index contributed by atoms with van der Waals surface area (Å²) in [6, 6.07) is 9.37. The molecule has 0 saturated carbocycles. The molecule has 0 fully saturated rings. The number of ether oxygens (including phenoxy) is 1. The second-order valence-electron chi connectivity index (χ2n) is 9.56. The number of carbonyl (C=O) groups is 2. The van der Waals surface area contributed by atoms with Crippen LogP contribution in [0.4, 0.5) is 0 Å². The van der Waals surface area contributed by atoms with Crippen molar-refractivity contribution in [3.8, 4) is 17.0 Å². The highest BCUT2D eigenvalue weighted by atomic mass is 16.5. The molecule has 1 amide bonds. The van der Waals surface area contributed by atoms with E-state index in [1.165, 1.54) is 12.5 Å². The van der Waals surface area contributed by atoms with E-state index in [4.69, 9.17) is 9.15 Å². The number of H-pyrrole nitrogens is 1. The molecular formula is C29H31N7O4. The van der Waals surface area contributed by atoms with Crippen LogP contribution < -0.4 is 10.1 Å². The summed E-state index contributed by atoms with van der Waals surface area (Å²) in [7, 11) is 1.63. The highest BCUT2D eigenvalue weighted by Crippen LogP contribution is 2.33. The Hall–Kier alpha value is -4.80. The number of aromatic nitrogens is 6. The fourth-order valence-corrected chi connectivity index (χ4v) is 4.62. The number of nitrogens with zero attached hydrogens (tertiary/aromatic N) is 5. The summed E-state index contributed by atoms with van der Waals surface area (Å²) in [6.45, 7) is 2.06. The van der Waals surface area contributed by atoms with E-state index in [1.807, 2.05) is 31.2 Å². The van der Waals surface area contributed by atoms with Crippen LogP contribution in [-0.2, 0) is 11.3 Å². The molecule has 0 bridgehead atoms. The van der Waals surface area contributed by atoms with E-state index in [0.717, 1.165) is 40.7 Å². The normalized spacial score (nSPS) is 11.9. The number of ketones is 1. The Morgan fingerprint density at radius 1 is 1.15 bits per heavy atom. The molecule has 40 heavy (non-hydrogen) atoms. The lowest BCUT2D eigenvalue weighted by Crippen LogP contribution is -2.32. The van der Waals surface area contributed by atoms with Gasteiger partial charge in [0.25, 0.3) is 5.89 Å². The van der Waals surface area contributed by atoms with Crippen molar-refractivity contribution in [2.75, 3.05) is 7.11 Å². The zero-order chi connectivity index (χ0) is 27.9. The predicted octanol–water partition coefficient (Wildman–Crippen LogP) is 4.82. The number of amides is 1. The molecule has 0 aliphatic carbocycles. The smallest absolute Gasteiger partial charge is 0.263 e. The van der Waals surface area contributed by atoms with Crippen molar-refractivity contribution in [2.45, 2.75) is 51.6 Å². The summed E-state index contributed by atoms with van der Waals surface area (Å²) < 4.78 is 12.3. The van der Waals surface area contributed by atoms with Gasteiger partial charge in [-0.25, -0.2) is 9.97 Å². The molecule has 0 saturated heterocycles. The molecule has 11 heteroatoms. The number of rotatable bonds is 13. The molecule has 2 N–H and O–H groups in total. The molecule has 0 radical (unpaired) electrons. The monoisotopic (exact) mass is 541 g/mol. The lowest BCUT2D eigenvalue weighted by molar-refractivity contribution is -0.122. The average Bonchev–Trinajstić information content (AvgIpc) is 3.74. The fourth-order valence-electron chi connectivity index (χ4n) is 4.62. The maximum Gasteiger partial charge on any atom is 0.263 e. The Balaban J connectivity index is 1.30. The molecule has 11 nitrogen and oxygen atoms in total. The number of pyridine rings is 1. The summed E-state index contributed by atoms with van der Waals surface area (Å²) >= 11 is 0. The quantitative estimate of drug-likeness (QED) is 0.160. The highest BCUT2D eigenvalue weighted by molar-refractivity contribution is 5.91. The number of aromatic amines is 1. The molecule has 0 spiro atoms. The number of hydrogen-bond donors (Lipinski definition) is 2. The molecule has 4 aromatic heterocycles. The summed E-state index contributed by atoms with van der Waals surface area (Å²) in [5.74, 6) is 1.18. The zero-order valence-corrected chi connectivity index (χ0v) is 22.5. The van der Waals surface area contributed by atoms with E-state index in [0.29, 0.717) is 30.8 Å². The van der Waals surface area contributed by atoms with Crippen LogP contribution in [0.15, 0.2) is 65.8 Å². The number of nitrogens with one attached hydrogen (secondary N) is 2. The number of hydrogen-bond acceptors (Lipinski definition) is 8. The van der Waals surface area contributed by atoms with Gasteiger partial charge in [-0.2, -0.15) is 5.10 Å². The van der Waals surface area contributed by atoms with Gasteiger partial charge in [0.05, 0.1) is 36.8 Å². The number of carbonyl (C=O) groups excluding carboxylic acids is 2. The number of methoxy groups -OCH3 is 1. The van der Waals surface area contributed by atoms with Gasteiger partial charge >= 0.3 is 0 Å². The van der Waals surface area contributed by atoms with Crippen LogP contribution in [0.2, 0.25) is 0 Å². The summed E-state index contributed by atoms with van der Waals surface area (Å²) in [5, 5.41) is 8.21. The van der Waals surface area contributed by atoms with Crippen molar-refractivity contribution >= 4 is 22.6 Å². The number of fused-ring (bicyclic) bond motifs is 1. The van der Waals surface area contributed by atoms with Gasteiger partial charge in [-0.3, -0.25) is 19.3 Å². The minimum absolute atomic E-state index is 0.104. The van der Waals surface area contributed by atoms with Gasteiger partial charge in [-0.1, -0.05) is 18.9 Å². The second kappa shape index (κ2) is 12.4. The minimum Gasteiger partial charge on any atom is -0.496 e. The third-order valence-corrected chi connectivity index (χ3v) is 6.63. The molecule has 5 rings (SSSR count). The molecule has 5 aromatic rings. The Labute approximate surface area is 231 Å². The van der Waals surface area contributed by atoms with Gasteiger partial charge in [0.2, 0.25) is 11.7 Å². The van der Waals surface area contributed by atoms with Gasteiger partial charge in [-0.05, 0) is 38.0 Å². The first kappa shape index (κ1) is 26.8. The Morgan fingerprint density at radius 2 is 2.05 bits per heavy atom.